The van der Waals surface area contributed by atoms with Crippen molar-refractivity contribution in [2.75, 3.05) is 0 Å². The Labute approximate surface area is 100 Å². The highest BCUT2D eigenvalue weighted by atomic mass is 16.3. The highest BCUT2D eigenvalue weighted by molar-refractivity contribution is 5.95. The highest BCUT2D eigenvalue weighted by Crippen LogP contribution is 2.11. The van der Waals surface area contributed by atoms with Gasteiger partial charge in [0.25, 0.3) is 0 Å². The molecule has 0 spiro atoms. The zero-order valence-electron chi connectivity index (χ0n) is 10.1. The van der Waals surface area contributed by atoms with Crippen molar-refractivity contribution in [2.45, 2.75) is 33.2 Å². The number of furan rings is 1. The highest BCUT2D eigenvalue weighted by Gasteiger charge is 2.15. The first-order valence-corrected chi connectivity index (χ1v) is 5.86. The first kappa shape index (κ1) is 11.6. The number of Topliss-reactive ketones (excluding diaryl/α,β-unsaturated/α-hetero) is 1. The van der Waals surface area contributed by atoms with Crippen molar-refractivity contribution in [3.63, 3.8) is 0 Å². The number of aromatic nitrogens is 2. The van der Waals surface area contributed by atoms with Gasteiger partial charge in [-0.3, -0.25) is 9.48 Å². The predicted octanol–water partition coefficient (Wildman–Crippen LogP) is 2.48. The molecule has 2 aromatic heterocycles. The second-order valence-electron chi connectivity index (χ2n) is 3.87. The van der Waals surface area contributed by atoms with Gasteiger partial charge < -0.3 is 4.42 Å². The lowest BCUT2D eigenvalue weighted by molar-refractivity contribution is 0.0976. The van der Waals surface area contributed by atoms with Gasteiger partial charge in [-0.25, -0.2) is 0 Å². The molecule has 2 heterocycles. The number of nitrogens with zero attached hydrogens (tertiary/aromatic N) is 2. The maximum atomic E-state index is 12.1. The summed E-state index contributed by atoms with van der Waals surface area (Å²) in [4.78, 5) is 12.1. The summed E-state index contributed by atoms with van der Waals surface area (Å²) in [6.07, 6.45) is 2.72. The SMILES string of the molecule is CCc1cc(C(=O)Cc2ccco2)n(CC)n1. The van der Waals surface area contributed by atoms with E-state index in [1.54, 1.807) is 17.0 Å². The Kier molecular flexibility index (Phi) is 3.42. The normalized spacial score (nSPS) is 10.7. The van der Waals surface area contributed by atoms with Gasteiger partial charge in [0.1, 0.15) is 11.5 Å². The first-order chi connectivity index (χ1) is 8.24. The average Bonchev–Trinajstić information content (AvgIpc) is 2.96. The van der Waals surface area contributed by atoms with E-state index in [-0.39, 0.29) is 5.78 Å². The van der Waals surface area contributed by atoms with Crippen molar-refractivity contribution < 1.29 is 9.21 Å². The molecule has 0 N–H and O–H groups in total. The molecule has 2 rings (SSSR count). The zero-order valence-corrected chi connectivity index (χ0v) is 10.1. The summed E-state index contributed by atoms with van der Waals surface area (Å²) in [6.45, 7) is 4.72. The third-order valence-electron chi connectivity index (χ3n) is 2.69. The molecule has 0 aliphatic rings. The van der Waals surface area contributed by atoms with Crippen LogP contribution in [0.15, 0.2) is 28.9 Å². The lowest BCUT2D eigenvalue weighted by Crippen LogP contribution is -2.11. The molecule has 0 radical (unpaired) electrons. The summed E-state index contributed by atoms with van der Waals surface area (Å²) in [5.41, 5.74) is 1.62. The van der Waals surface area contributed by atoms with Crippen LogP contribution in [0.3, 0.4) is 0 Å². The molecular formula is C13H16N2O2. The van der Waals surface area contributed by atoms with E-state index in [2.05, 4.69) is 5.10 Å². The molecule has 0 unspecified atom stereocenters. The van der Waals surface area contributed by atoms with Gasteiger partial charge in [0.15, 0.2) is 5.78 Å². The molecule has 2 aromatic rings. The molecule has 0 saturated heterocycles. The molecule has 0 bridgehead atoms. The molecule has 4 nitrogen and oxygen atoms in total. The van der Waals surface area contributed by atoms with E-state index in [1.165, 1.54) is 0 Å². The largest absolute Gasteiger partial charge is 0.469 e. The van der Waals surface area contributed by atoms with Crippen LogP contribution in [0.1, 0.15) is 35.8 Å². The van der Waals surface area contributed by atoms with Crippen LogP contribution >= 0.6 is 0 Å². The second-order valence-corrected chi connectivity index (χ2v) is 3.87. The van der Waals surface area contributed by atoms with Crippen LogP contribution in [0, 0.1) is 0 Å². The molecule has 17 heavy (non-hydrogen) atoms. The van der Waals surface area contributed by atoms with Crippen molar-refractivity contribution in [1.29, 1.82) is 0 Å². The Bertz CT molecular complexity index is 497. The molecule has 0 fully saturated rings. The summed E-state index contributed by atoms with van der Waals surface area (Å²) < 4.78 is 6.94. The van der Waals surface area contributed by atoms with Crippen molar-refractivity contribution in [3.8, 4) is 0 Å². The Morgan fingerprint density at radius 1 is 1.47 bits per heavy atom. The topological polar surface area (TPSA) is 48.0 Å². The Hall–Kier alpha value is -1.84. The molecule has 0 atom stereocenters. The monoisotopic (exact) mass is 232 g/mol. The minimum absolute atomic E-state index is 0.0500. The van der Waals surface area contributed by atoms with E-state index in [1.807, 2.05) is 26.0 Å². The van der Waals surface area contributed by atoms with E-state index in [0.29, 0.717) is 24.4 Å². The van der Waals surface area contributed by atoms with Crippen LogP contribution in [-0.4, -0.2) is 15.6 Å². The Morgan fingerprint density at radius 3 is 2.88 bits per heavy atom. The fourth-order valence-electron chi connectivity index (χ4n) is 1.77. The second kappa shape index (κ2) is 4.99. The van der Waals surface area contributed by atoms with Gasteiger partial charge in [-0.05, 0) is 31.5 Å². The lowest BCUT2D eigenvalue weighted by Gasteiger charge is -2.01. The summed E-state index contributed by atoms with van der Waals surface area (Å²) in [5, 5.41) is 4.36. The maximum absolute atomic E-state index is 12.1. The number of ketones is 1. The van der Waals surface area contributed by atoms with Crippen LogP contribution in [0.5, 0.6) is 0 Å². The minimum atomic E-state index is 0.0500. The Morgan fingerprint density at radius 2 is 2.29 bits per heavy atom. The van der Waals surface area contributed by atoms with Crippen LogP contribution in [0.4, 0.5) is 0 Å². The van der Waals surface area contributed by atoms with Crippen molar-refractivity contribution in [2.24, 2.45) is 0 Å². The Balaban J connectivity index is 2.21. The number of carbonyl (C=O) groups is 1. The van der Waals surface area contributed by atoms with E-state index >= 15 is 0 Å². The van der Waals surface area contributed by atoms with Gasteiger partial charge in [-0.15, -0.1) is 0 Å². The molecule has 4 heteroatoms. The number of rotatable bonds is 5. The van der Waals surface area contributed by atoms with Gasteiger partial charge in [0, 0.05) is 6.54 Å². The molecular weight excluding hydrogens is 216 g/mol. The molecule has 0 aliphatic carbocycles. The summed E-state index contributed by atoms with van der Waals surface area (Å²) >= 11 is 0. The maximum Gasteiger partial charge on any atom is 0.188 e. The minimum Gasteiger partial charge on any atom is -0.469 e. The van der Waals surface area contributed by atoms with Crippen LogP contribution in [0.25, 0.3) is 0 Å². The van der Waals surface area contributed by atoms with Crippen molar-refractivity contribution in [3.05, 3.63) is 41.6 Å². The van der Waals surface area contributed by atoms with E-state index in [9.17, 15) is 4.79 Å². The molecule has 0 amide bonds. The van der Waals surface area contributed by atoms with E-state index in [0.717, 1.165) is 12.1 Å². The number of hydrogen-bond acceptors (Lipinski definition) is 3. The summed E-state index contributed by atoms with van der Waals surface area (Å²) in [6, 6.07) is 5.47. The van der Waals surface area contributed by atoms with Crippen LogP contribution < -0.4 is 0 Å². The lowest BCUT2D eigenvalue weighted by atomic mass is 10.1. The standard InChI is InChI=1S/C13H16N2O2/c1-3-10-8-12(15(4-2)14-10)13(16)9-11-6-5-7-17-11/h5-8H,3-4,9H2,1-2H3. The fourth-order valence-corrected chi connectivity index (χ4v) is 1.77. The van der Waals surface area contributed by atoms with Crippen LogP contribution in [-0.2, 0) is 19.4 Å². The fraction of sp³-hybridized carbons (Fsp3) is 0.385. The smallest absolute Gasteiger partial charge is 0.188 e. The van der Waals surface area contributed by atoms with Gasteiger partial charge in [-0.2, -0.15) is 5.10 Å². The molecule has 0 saturated carbocycles. The van der Waals surface area contributed by atoms with Gasteiger partial charge in [-0.1, -0.05) is 6.92 Å². The number of carbonyl (C=O) groups excluding carboxylic acids is 1. The average molecular weight is 232 g/mol. The number of hydrogen-bond donors (Lipinski definition) is 0. The predicted molar refractivity (Wildman–Crippen MR) is 64.0 cm³/mol. The molecule has 0 aliphatic heterocycles. The number of aryl methyl sites for hydroxylation is 2. The third kappa shape index (κ3) is 2.46. The van der Waals surface area contributed by atoms with Crippen molar-refractivity contribution >= 4 is 5.78 Å². The third-order valence-corrected chi connectivity index (χ3v) is 2.69. The summed E-state index contributed by atoms with van der Waals surface area (Å²) in [5.74, 6) is 0.742. The zero-order chi connectivity index (χ0) is 12.3. The quantitative estimate of drug-likeness (QED) is 0.744. The van der Waals surface area contributed by atoms with E-state index in [4.69, 9.17) is 4.42 Å². The van der Waals surface area contributed by atoms with Gasteiger partial charge in [0.05, 0.1) is 18.4 Å². The summed E-state index contributed by atoms with van der Waals surface area (Å²) in [7, 11) is 0. The van der Waals surface area contributed by atoms with Crippen LogP contribution in [0.2, 0.25) is 0 Å². The van der Waals surface area contributed by atoms with E-state index < -0.39 is 0 Å². The van der Waals surface area contributed by atoms with Gasteiger partial charge >= 0.3 is 0 Å². The molecule has 0 aromatic carbocycles. The van der Waals surface area contributed by atoms with Crippen molar-refractivity contribution in [1.82, 2.24) is 9.78 Å². The van der Waals surface area contributed by atoms with Gasteiger partial charge in [0.2, 0.25) is 0 Å². The molecule has 90 valence electrons. The first-order valence-electron chi connectivity index (χ1n) is 5.86.